The summed E-state index contributed by atoms with van der Waals surface area (Å²) >= 11 is 3.49. The van der Waals surface area contributed by atoms with Crippen molar-refractivity contribution in [2.24, 2.45) is 0 Å². The van der Waals surface area contributed by atoms with Crippen LogP contribution in [0.3, 0.4) is 0 Å². The fourth-order valence-corrected chi connectivity index (χ4v) is 4.16. The maximum Gasteiger partial charge on any atom is 0.259 e. The van der Waals surface area contributed by atoms with Crippen LogP contribution in [0.15, 0.2) is 76.0 Å². The highest BCUT2D eigenvalue weighted by atomic mass is 79.9. The van der Waals surface area contributed by atoms with Crippen LogP contribution in [0.2, 0.25) is 0 Å². The van der Waals surface area contributed by atoms with Crippen LogP contribution in [0, 0.1) is 20.8 Å². The van der Waals surface area contributed by atoms with Gasteiger partial charge in [0.05, 0.1) is 12.1 Å². The highest BCUT2D eigenvalue weighted by Crippen LogP contribution is 2.27. The maximum atomic E-state index is 13.6. The van der Waals surface area contributed by atoms with Crippen LogP contribution in [-0.4, -0.2) is 10.9 Å². The lowest BCUT2D eigenvalue weighted by Gasteiger charge is -2.25. The van der Waals surface area contributed by atoms with Crippen LogP contribution in [0.1, 0.15) is 32.6 Å². The summed E-state index contributed by atoms with van der Waals surface area (Å²) in [5.74, 6) is -0.162. The highest BCUT2D eigenvalue weighted by molar-refractivity contribution is 9.10. The Morgan fingerprint density at radius 2 is 1.65 bits per heavy atom. The fraction of sp³-hybridized carbons (Fsp3) is 0.154. The zero-order chi connectivity index (χ0) is 22.1. The first kappa shape index (κ1) is 21.1. The largest absolute Gasteiger partial charge is 0.322 e. The van der Waals surface area contributed by atoms with E-state index in [1.807, 2.05) is 81.4 Å². The Morgan fingerprint density at radius 3 is 2.42 bits per heavy atom. The summed E-state index contributed by atoms with van der Waals surface area (Å²) in [5.41, 5.74) is 5.60. The number of aromatic nitrogens is 1. The number of hydrogen-bond acceptors (Lipinski definition) is 2. The van der Waals surface area contributed by atoms with E-state index >= 15 is 0 Å². The molecule has 0 aliphatic rings. The third-order valence-electron chi connectivity index (χ3n) is 5.41. The average molecular weight is 475 g/mol. The molecule has 0 aliphatic heterocycles. The molecular formula is C26H23BrN2O2. The number of benzene rings is 3. The van der Waals surface area contributed by atoms with Gasteiger partial charge in [-0.15, -0.1) is 0 Å². The average Bonchev–Trinajstić information content (AvgIpc) is 2.74. The number of amides is 1. The first-order valence-corrected chi connectivity index (χ1v) is 10.9. The van der Waals surface area contributed by atoms with Gasteiger partial charge in [0.15, 0.2) is 0 Å². The smallest absolute Gasteiger partial charge is 0.259 e. The molecular weight excluding hydrogens is 452 g/mol. The lowest BCUT2D eigenvalue weighted by atomic mass is 10.1. The van der Waals surface area contributed by atoms with Crippen molar-refractivity contribution in [1.82, 2.24) is 4.98 Å². The zero-order valence-electron chi connectivity index (χ0n) is 17.7. The first-order valence-electron chi connectivity index (χ1n) is 10.1. The lowest BCUT2D eigenvalue weighted by Crippen LogP contribution is -2.33. The number of H-pyrrole nitrogens is 1. The van der Waals surface area contributed by atoms with Crippen molar-refractivity contribution in [3.8, 4) is 0 Å². The molecule has 0 fully saturated rings. The molecule has 4 nitrogen and oxygen atoms in total. The van der Waals surface area contributed by atoms with Crippen molar-refractivity contribution in [2.75, 3.05) is 4.90 Å². The Morgan fingerprint density at radius 1 is 0.935 bits per heavy atom. The predicted octanol–water partition coefficient (Wildman–Crippen LogP) is 6.06. The van der Waals surface area contributed by atoms with E-state index in [9.17, 15) is 9.59 Å². The van der Waals surface area contributed by atoms with Crippen molar-refractivity contribution in [3.63, 3.8) is 0 Å². The van der Waals surface area contributed by atoms with Crippen molar-refractivity contribution >= 4 is 38.4 Å². The quantitative estimate of drug-likeness (QED) is 0.390. The normalized spacial score (nSPS) is 11.0. The second-order valence-electron chi connectivity index (χ2n) is 7.88. The number of aromatic amines is 1. The minimum Gasteiger partial charge on any atom is -0.322 e. The van der Waals surface area contributed by atoms with Crippen LogP contribution in [0.25, 0.3) is 10.9 Å². The van der Waals surface area contributed by atoms with Gasteiger partial charge in [-0.3, -0.25) is 9.59 Å². The number of nitrogens with one attached hydrogen (secondary N) is 1. The van der Waals surface area contributed by atoms with E-state index in [1.54, 1.807) is 11.0 Å². The highest BCUT2D eigenvalue weighted by Gasteiger charge is 2.23. The molecule has 0 radical (unpaired) electrons. The van der Waals surface area contributed by atoms with Crippen LogP contribution < -0.4 is 10.5 Å². The van der Waals surface area contributed by atoms with Gasteiger partial charge >= 0.3 is 0 Å². The number of rotatable bonds is 4. The summed E-state index contributed by atoms with van der Waals surface area (Å²) in [4.78, 5) is 31.2. The van der Waals surface area contributed by atoms with E-state index in [4.69, 9.17) is 0 Å². The summed E-state index contributed by atoms with van der Waals surface area (Å²) in [6.07, 6.45) is 0. The maximum absolute atomic E-state index is 13.6. The number of anilines is 1. The van der Waals surface area contributed by atoms with Gasteiger partial charge in [0, 0.05) is 21.2 Å². The zero-order valence-corrected chi connectivity index (χ0v) is 19.3. The van der Waals surface area contributed by atoms with Crippen LogP contribution in [-0.2, 0) is 6.54 Å². The third-order valence-corrected chi connectivity index (χ3v) is 6.10. The molecule has 4 rings (SSSR count). The molecule has 31 heavy (non-hydrogen) atoms. The number of carbonyl (C=O) groups is 1. The summed E-state index contributed by atoms with van der Waals surface area (Å²) in [6, 6.07) is 21.2. The van der Waals surface area contributed by atoms with Gasteiger partial charge in [0.2, 0.25) is 0 Å². The van der Waals surface area contributed by atoms with Crippen molar-refractivity contribution in [1.29, 1.82) is 0 Å². The van der Waals surface area contributed by atoms with Gasteiger partial charge in [0.25, 0.3) is 11.5 Å². The van der Waals surface area contributed by atoms with Gasteiger partial charge < -0.3 is 9.88 Å². The van der Waals surface area contributed by atoms with E-state index in [0.717, 1.165) is 37.8 Å². The number of pyridine rings is 1. The number of halogens is 1. The van der Waals surface area contributed by atoms with Gasteiger partial charge in [-0.25, -0.2) is 0 Å². The van der Waals surface area contributed by atoms with Gasteiger partial charge in [0.1, 0.15) is 0 Å². The van der Waals surface area contributed by atoms with Crippen LogP contribution in [0.4, 0.5) is 5.69 Å². The van der Waals surface area contributed by atoms with Gasteiger partial charge in [-0.05, 0) is 89.1 Å². The lowest BCUT2D eigenvalue weighted by molar-refractivity contribution is 0.0984. The molecule has 0 saturated carbocycles. The van der Waals surface area contributed by atoms with Crippen molar-refractivity contribution in [2.45, 2.75) is 27.3 Å². The van der Waals surface area contributed by atoms with Crippen molar-refractivity contribution < 1.29 is 4.79 Å². The summed E-state index contributed by atoms with van der Waals surface area (Å²) in [6.45, 7) is 6.13. The Bertz CT molecular complexity index is 1360. The van der Waals surface area contributed by atoms with Crippen LogP contribution >= 0.6 is 15.9 Å². The summed E-state index contributed by atoms with van der Waals surface area (Å²) in [5, 5.41) is 0.939. The van der Waals surface area contributed by atoms with Crippen molar-refractivity contribution in [3.05, 3.63) is 109 Å². The van der Waals surface area contributed by atoms with E-state index < -0.39 is 0 Å². The van der Waals surface area contributed by atoms with Gasteiger partial charge in [-0.2, -0.15) is 0 Å². The second kappa shape index (κ2) is 8.52. The molecule has 1 amide bonds. The number of fused-ring (bicyclic) bond motifs is 1. The fourth-order valence-electron chi connectivity index (χ4n) is 3.70. The molecule has 1 N–H and O–H groups in total. The van der Waals surface area contributed by atoms with E-state index in [1.165, 1.54) is 0 Å². The van der Waals surface area contributed by atoms with E-state index in [0.29, 0.717) is 11.1 Å². The Kier molecular flexibility index (Phi) is 5.79. The van der Waals surface area contributed by atoms with Gasteiger partial charge in [-0.1, -0.05) is 36.4 Å². The Balaban J connectivity index is 1.84. The first-order chi connectivity index (χ1) is 14.8. The Labute approximate surface area is 189 Å². The SMILES string of the molecule is Cc1ccc(C)c(N(Cc2cc3ccc(C)cc3[nH]c2=O)C(=O)c2ccccc2Br)c1. The minimum atomic E-state index is -0.187. The predicted molar refractivity (Wildman–Crippen MR) is 130 cm³/mol. The molecule has 0 unspecified atom stereocenters. The van der Waals surface area contributed by atoms with Crippen LogP contribution in [0.5, 0.6) is 0 Å². The number of aryl methyl sites for hydroxylation is 3. The number of nitrogens with zero attached hydrogens (tertiary/aromatic N) is 1. The second-order valence-corrected chi connectivity index (χ2v) is 8.73. The summed E-state index contributed by atoms with van der Waals surface area (Å²) < 4.78 is 0.721. The molecule has 0 spiro atoms. The summed E-state index contributed by atoms with van der Waals surface area (Å²) in [7, 11) is 0. The monoisotopic (exact) mass is 474 g/mol. The molecule has 3 aromatic carbocycles. The molecule has 156 valence electrons. The standard InChI is InChI=1S/C26H23BrN2O2/c1-16-9-11-19-14-20(25(30)28-23(19)12-16)15-29(24-13-17(2)8-10-18(24)3)26(31)21-6-4-5-7-22(21)27/h4-14H,15H2,1-3H3,(H,28,30). The topological polar surface area (TPSA) is 53.2 Å². The molecule has 0 atom stereocenters. The molecule has 1 heterocycles. The van der Waals surface area contributed by atoms with E-state index in [-0.39, 0.29) is 18.0 Å². The number of carbonyl (C=O) groups excluding carboxylic acids is 1. The minimum absolute atomic E-state index is 0.162. The molecule has 0 aliphatic carbocycles. The number of hydrogen-bond donors (Lipinski definition) is 1. The molecule has 0 saturated heterocycles. The molecule has 4 aromatic rings. The third kappa shape index (κ3) is 4.32. The Hall–Kier alpha value is -3.18. The van der Waals surface area contributed by atoms with E-state index in [2.05, 4.69) is 20.9 Å². The molecule has 1 aromatic heterocycles. The molecule has 0 bridgehead atoms. The molecule has 5 heteroatoms.